The Kier molecular flexibility index (Phi) is 4.21. The lowest BCUT2D eigenvalue weighted by atomic mass is 9.79. The molecule has 0 bridgehead atoms. The van der Waals surface area contributed by atoms with Crippen LogP contribution in [0.25, 0.3) is 0 Å². The molecule has 104 valence electrons. The van der Waals surface area contributed by atoms with Gasteiger partial charge in [0.1, 0.15) is 6.10 Å². The molecule has 6 nitrogen and oxygen atoms in total. The van der Waals surface area contributed by atoms with E-state index in [0.29, 0.717) is 13.2 Å². The Bertz CT molecular complexity index is 307. The van der Waals surface area contributed by atoms with E-state index in [9.17, 15) is 9.90 Å². The number of hydrogen-bond acceptors (Lipinski definition) is 6. The average Bonchev–Trinajstić information content (AvgIpc) is 2.61. The van der Waals surface area contributed by atoms with Gasteiger partial charge in [0.2, 0.25) is 0 Å². The van der Waals surface area contributed by atoms with E-state index >= 15 is 0 Å². The van der Waals surface area contributed by atoms with E-state index in [0.717, 1.165) is 6.42 Å². The zero-order chi connectivity index (χ0) is 13.2. The highest BCUT2D eigenvalue weighted by Gasteiger charge is 2.52. The molecule has 2 rings (SSSR count). The van der Waals surface area contributed by atoms with Crippen molar-refractivity contribution in [2.45, 2.75) is 43.2 Å². The maximum absolute atomic E-state index is 11.7. The van der Waals surface area contributed by atoms with Gasteiger partial charge in [-0.2, -0.15) is 0 Å². The highest BCUT2D eigenvalue weighted by molar-refractivity contribution is 5.79. The first kappa shape index (κ1) is 13.7. The Morgan fingerprint density at radius 2 is 2.00 bits per heavy atom. The van der Waals surface area contributed by atoms with Crippen LogP contribution in [0.5, 0.6) is 0 Å². The minimum Gasteiger partial charge on any atom is -0.467 e. The van der Waals surface area contributed by atoms with Gasteiger partial charge < -0.3 is 24.1 Å². The lowest BCUT2D eigenvalue weighted by Gasteiger charge is -2.42. The molecule has 0 radical (unpaired) electrons. The molecule has 0 aromatic heterocycles. The molecule has 1 heterocycles. The molecule has 1 N–H and O–H groups in total. The second-order valence-corrected chi connectivity index (χ2v) is 4.80. The normalized spacial score (nSPS) is 40.7. The SMILES string of the molecule is COC(=O)C1(O)CC(OC)C2OCCCOC2C1. The molecule has 2 fully saturated rings. The van der Waals surface area contributed by atoms with Crippen molar-refractivity contribution in [2.75, 3.05) is 27.4 Å². The van der Waals surface area contributed by atoms with Gasteiger partial charge in [0.05, 0.1) is 19.3 Å². The molecular weight excluding hydrogens is 240 g/mol. The first-order chi connectivity index (χ1) is 8.60. The van der Waals surface area contributed by atoms with E-state index in [4.69, 9.17) is 14.2 Å². The number of carbonyl (C=O) groups is 1. The predicted octanol–water partition coefficient (Wildman–Crippen LogP) is -0.127. The van der Waals surface area contributed by atoms with Crippen LogP contribution in [-0.2, 0) is 23.7 Å². The van der Waals surface area contributed by atoms with Crippen molar-refractivity contribution in [3.63, 3.8) is 0 Å². The third-order valence-electron chi connectivity index (χ3n) is 3.61. The Balaban J connectivity index is 2.18. The van der Waals surface area contributed by atoms with Gasteiger partial charge in [0.15, 0.2) is 5.60 Å². The van der Waals surface area contributed by atoms with Crippen molar-refractivity contribution >= 4 is 5.97 Å². The molecule has 1 aliphatic heterocycles. The number of aliphatic hydroxyl groups is 1. The van der Waals surface area contributed by atoms with Gasteiger partial charge in [-0.25, -0.2) is 4.79 Å². The second-order valence-electron chi connectivity index (χ2n) is 4.80. The summed E-state index contributed by atoms with van der Waals surface area (Å²) in [6, 6.07) is 0. The van der Waals surface area contributed by atoms with Crippen LogP contribution in [0.1, 0.15) is 19.3 Å². The highest BCUT2D eigenvalue weighted by atomic mass is 16.6. The average molecular weight is 260 g/mol. The minimum absolute atomic E-state index is 0.167. The summed E-state index contributed by atoms with van der Waals surface area (Å²) in [7, 11) is 2.80. The number of esters is 1. The molecule has 2 aliphatic rings. The van der Waals surface area contributed by atoms with E-state index < -0.39 is 11.6 Å². The van der Waals surface area contributed by atoms with Gasteiger partial charge in [0, 0.05) is 33.2 Å². The molecule has 0 spiro atoms. The first-order valence-corrected chi connectivity index (χ1v) is 6.17. The van der Waals surface area contributed by atoms with Gasteiger partial charge >= 0.3 is 5.97 Å². The van der Waals surface area contributed by atoms with E-state index in [2.05, 4.69) is 4.74 Å². The summed E-state index contributed by atoms with van der Waals surface area (Å²) in [6.07, 6.45) is 0.217. The van der Waals surface area contributed by atoms with Gasteiger partial charge in [-0.3, -0.25) is 0 Å². The minimum atomic E-state index is -1.55. The molecule has 4 unspecified atom stereocenters. The molecule has 18 heavy (non-hydrogen) atoms. The van der Waals surface area contributed by atoms with E-state index in [-0.39, 0.29) is 31.2 Å². The fourth-order valence-corrected chi connectivity index (χ4v) is 2.68. The summed E-state index contributed by atoms with van der Waals surface area (Å²) >= 11 is 0. The van der Waals surface area contributed by atoms with Gasteiger partial charge in [-0.15, -0.1) is 0 Å². The topological polar surface area (TPSA) is 74.2 Å². The third kappa shape index (κ3) is 2.51. The largest absolute Gasteiger partial charge is 0.467 e. The molecule has 6 heteroatoms. The molecule has 1 saturated heterocycles. The fraction of sp³-hybridized carbons (Fsp3) is 0.917. The number of hydrogen-bond donors (Lipinski definition) is 1. The zero-order valence-electron chi connectivity index (χ0n) is 10.8. The Hall–Kier alpha value is -0.690. The standard InChI is InChI=1S/C12H20O6/c1-15-8-6-12(14,11(13)16-2)7-9-10(8)18-5-3-4-17-9/h8-10,14H,3-7H2,1-2H3. The third-order valence-corrected chi connectivity index (χ3v) is 3.61. The summed E-state index contributed by atoms with van der Waals surface area (Å²) in [5.74, 6) is -0.643. The number of carbonyl (C=O) groups excluding carboxylic acids is 1. The number of methoxy groups -OCH3 is 2. The van der Waals surface area contributed by atoms with Crippen LogP contribution in [0.4, 0.5) is 0 Å². The van der Waals surface area contributed by atoms with Crippen molar-refractivity contribution in [1.29, 1.82) is 0 Å². The molecular formula is C12H20O6. The molecule has 0 aromatic carbocycles. The zero-order valence-corrected chi connectivity index (χ0v) is 10.8. The van der Waals surface area contributed by atoms with Crippen molar-refractivity contribution in [1.82, 2.24) is 0 Å². The Morgan fingerprint density at radius 3 is 2.67 bits per heavy atom. The van der Waals surface area contributed by atoms with Gasteiger partial charge in [-0.05, 0) is 6.42 Å². The molecule has 4 atom stereocenters. The van der Waals surface area contributed by atoms with Crippen molar-refractivity contribution in [3.05, 3.63) is 0 Å². The van der Waals surface area contributed by atoms with Crippen LogP contribution in [0.2, 0.25) is 0 Å². The van der Waals surface area contributed by atoms with Crippen LogP contribution in [0.3, 0.4) is 0 Å². The van der Waals surface area contributed by atoms with Crippen LogP contribution < -0.4 is 0 Å². The first-order valence-electron chi connectivity index (χ1n) is 6.17. The quantitative estimate of drug-likeness (QED) is 0.697. The monoisotopic (exact) mass is 260 g/mol. The maximum Gasteiger partial charge on any atom is 0.338 e. The summed E-state index contributed by atoms with van der Waals surface area (Å²) in [5, 5.41) is 10.4. The summed E-state index contributed by atoms with van der Waals surface area (Å²) in [6.45, 7) is 1.17. The Morgan fingerprint density at radius 1 is 1.28 bits per heavy atom. The summed E-state index contributed by atoms with van der Waals surface area (Å²) < 4.78 is 21.3. The van der Waals surface area contributed by atoms with Gasteiger partial charge in [0.25, 0.3) is 0 Å². The summed E-state index contributed by atoms with van der Waals surface area (Å²) in [4.78, 5) is 11.7. The number of ether oxygens (including phenoxy) is 4. The van der Waals surface area contributed by atoms with E-state index in [1.165, 1.54) is 7.11 Å². The van der Waals surface area contributed by atoms with Crippen molar-refractivity contribution in [2.24, 2.45) is 0 Å². The molecule has 0 aromatic rings. The van der Waals surface area contributed by atoms with E-state index in [1.54, 1.807) is 7.11 Å². The van der Waals surface area contributed by atoms with E-state index in [1.807, 2.05) is 0 Å². The van der Waals surface area contributed by atoms with Crippen molar-refractivity contribution in [3.8, 4) is 0 Å². The maximum atomic E-state index is 11.7. The predicted molar refractivity (Wildman–Crippen MR) is 61.1 cm³/mol. The number of fused-ring (bicyclic) bond motifs is 1. The van der Waals surface area contributed by atoms with Crippen LogP contribution in [-0.4, -0.2) is 62.4 Å². The molecule has 1 aliphatic carbocycles. The molecule has 0 amide bonds. The lowest BCUT2D eigenvalue weighted by Crippen LogP contribution is -2.57. The van der Waals surface area contributed by atoms with Crippen LogP contribution >= 0.6 is 0 Å². The molecule has 1 saturated carbocycles. The lowest BCUT2D eigenvalue weighted by molar-refractivity contribution is -0.201. The highest BCUT2D eigenvalue weighted by Crippen LogP contribution is 2.35. The smallest absolute Gasteiger partial charge is 0.338 e. The van der Waals surface area contributed by atoms with Gasteiger partial charge in [-0.1, -0.05) is 0 Å². The second kappa shape index (κ2) is 5.52. The fourth-order valence-electron chi connectivity index (χ4n) is 2.68. The summed E-state index contributed by atoms with van der Waals surface area (Å²) in [5.41, 5.74) is -1.55. The van der Waals surface area contributed by atoms with Crippen LogP contribution in [0, 0.1) is 0 Å². The Labute approximate surface area is 106 Å². The van der Waals surface area contributed by atoms with Crippen LogP contribution in [0.15, 0.2) is 0 Å². The number of rotatable bonds is 2. The van der Waals surface area contributed by atoms with Crippen molar-refractivity contribution < 1.29 is 28.8 Å².